The number of carbonyl (C=O) groups is 2. The predicted octanol–water partition coefficient (Wildman–Crippen LogP) is 0.456. The lowest BCUT2D eigenvalue weighted by Crippen LogP contribution is -2.39. The first-order chi connectivity index (χ1) is 9.45. The van der Waals surface area contributed by atoms with Gasteiger partial charge in [0, 0.05) is 25.3 Å². The van der Waals surface area contributed by atoms with Crippen molar-refractivity contribution in [1.82, 2.24) is 15.1 Å². The molecule has 6 nitrogen and oxygen atoms in total. The Hall–Kier alpha value is -1.12. The summed E-state index contributed by atoms with van der Waals surface area (Å²) in [5, 5.41) is 11.6. The van der Waals surface area contributed by atoms with E-state index in [1.54, 1.807) is 6.20 Å². The minimum Gasteiger partial charge on any atom is -0.481 e. The smallest absolute Gasteiger partial charge is 0.305 e. The van der Waals surface area contributed by atoms with E-state index in [1.807, 2.05) is 11.9 Å². The fourth-order valence-electron chi connectivity index (χ4n) is 2.32. The molecule has 2 saturated heterocycles. The zero-order valence-electron chi connectivity index (χ0n) is 11.2. The third kappa shape index (κ3) is 3.94. The average Bonchev–Trinajstić information content (AvgIpc) is 2.55. The van der Waals surface area contributed by atoms with Gasteiger partial charge in [-0.3, -0.25) is 9.59 Å². The van der Waals surface area contributed by atoms with Crippen molar-refractivity contribution in [3.05, 3.63) is 11.1 Å². The molecule has 2 rings (SSSR count). The SMILES string of the molecule is CN1CCCN(C=C2SC(=S)NC2=O)CC1CC(=O)O. The molecule has 110 valence electrons. The van der Waals surface area contributed by atoms with E-state index in [1.165, 1.54) is 11.8 Å². The number of likely N-dealkylation sites (N-methyl/N-ethyl adjacent to an activating group) is 1. The summed E-state index contributed by atoms with van der Waals surface area (Å²) in [5.41, 5.74) is 0. The van der Waals surface area contributed by atoms with Gasteiger partial charge in [-0.1, -0.05) is 24.0 Å². The molecule has 1 atom stereocenters. The van der Waals surface area contributed by atoms with Gasteiger partial charge in [0.05, 0.1) is 11.3 Å². The van der Waals surface area contributed by atoms with Crippen LogP contribution in [0.15, 0.2) is 11.1 Å². The van der Waals surface area contributed by atoms with Crippen molar-refractivity contribution in [2.75, 3.05) is 26.7 Å². The second-order valence-electron chi connectivity index (χ2n) is 4.92. The number of hydrogen-bond acceptors (Lipinski definition) is 6. The van der Waals surface area contributed by atoms with Gasteiger partial charge < -0.3 is 20.2 Å². The fourth-order valence-corrected chi connectivity index (χ4v) is 3.37. The third-order valence-corrected chi connectivity index (χ3v) is 4.53. The van der Waals surface area contributed by atoms with Crippen LogP contribution in [-0.4, -0.2) is 63.8 Å². The number of nitrogens with zero attached hydrogens (tertiary/aromatic N) is 2. The maximum atomic E-state index is 11.6. The van der Waals surface area contributed by atoms with E-state index in [-0.39, 0.29) is 18.4 Å². The quantitative estimate of drug-likeness (QED) is 0.579. The molecular weight excluding hydrogens is 298 g/mol. The van der Waals surface area contributed by atoms with Crippen molar-refractivity contribution in [2.45, 2.75) is 18.9 Å². The summed E-state index contributed by atoms with van der Waals surface area (Å²) in [7, 11) is 1.94. The zero-order chi connectivity index (χ0) is 14.7. The Morgan fingerprint density at radius 1 is 1.60 bits per heavy atom. The van der Waals surface area contributed by atoms with E-state index >= 15 is 0 Å². The largest absolute Gasteiger partial charge is 0.481 e. The molecule has 1 unspecified atom stereocenters. The molecule has 0 radical (unpaired) electrons. The lowest BCUT2D eigenvalue weighted by molar-refractivity contribution is -0.138. The summed E-state index contributed by atoms with van der Waals surface area (Å²) in [5.74, 6) is -0.974. The van der Waals surface area contributed by atoms with Crippen molar-refractivity contribution in [2.24, 2.45) is 0 Å². The summed E-state index contributed by atoms with van der Waals surface area (Å²) in [6, 6.07) is -0.0479. The molecule has 0 spiro atoms. The number of amides is 1. The van der Waals surface area contributed by atoms with Crippen LogP contribution in [0.25, 0.3) is 0 Å². The monoisotopic (exact) mass is 315 g/mol. The van der Waals surface area contributed by atoms with Gasteiger partial charge in [-0.15, -0.1) is 0 Å². The Kier molecular flexibility index (Phi) is 5.00. The van der Waals surface area contributed by atoms with Crippen molar-refractivity contribution in [3.63, 3.8) is 0 Å². The number of nitrogens with one attached hydrogen (secondary N) is 1. The predicted molar refractivity (Wildman–Crippen MR) is 81.3 cm³/mol. The normalized spacial score (nSPS) is 26.8. The first-order valence-corrected chi connectivity index (χ1v) is 7.59. The average molecular weight is 315 g/mol. The molecule has 2 aliphatic rings. The molecular formula is C12H17N3O3S2. The lowest BCUT2D eigenvalue weighted by atomic mass is 10.2. The van der Waals surface area contributed by atoms with E-state index in [4.69, 9.17) is 17.3 Å². The van der Waals surface area contributed by atoms with Crippen LogP contribution in [0.4, 0.5) is 0 Å². The number of carbonyl (C=O) groups excluding carboxylic acids is 1. The Balaban J connectivity index is 2.07. The molecule has 2 N–H and O–H groups in total. The van der Waals surface area contributed by atoms with Crippen LogP contribution in [0.3, 0.4) is 0 Å². The van der Waals surface area contributed by atoms with Gasteiger partial charge in [0.2, 0.25) is 0 Å². The van der Waals surface area contributed by atoms with Gasteiger partial charge in [0.25, 0.3) is 5.91 Å². The number of hydrogen-bond donors (Lipinski definition) is 2. The highest BCUT2D eigenvalue weighted by molar-refractivity contribution is 8.26. The molecule has 0 bridgehead atoms. The maximum Gasteiger partial charge on any atom is 0.305 e. The van der Waals surface area contributed by atoms with Crippen LogP contribution in [0.2, 0.25) is 0 Å². The van der Waals surface area contributed by atoms with Gasteiger partial charge >= 0.3 is 5.97 Å². The lowest BCUT2D eigenvalue weighted by Gasteiger charge is -2.27. The summed E-state index contributed by atoms with van der Waals surface area (Å²) in [4.78, 5) is 27.2. The van der Waals surface area contributed by atoms with E-state index in [0.717, 1.165) is 19.5 Å². The van der Waals surface area contributed by atoms with Gasteiger partial charge in [0.1, 0.15) is 4.32 Å². The highest BCUT2D eigenvalue weighted by Gasteiger charge is 2.26. The molecule has 20 heavy (non-hydrogen) atoms. The van der Waals surface area contributed by atoms with E-state index in [0.29, 0.717) is 15.8 Å². The molecule has 8 heteroatoms. The van der Waals surface area contributed by atoms with Crippen LogP contribution >= 0.6 is 24.0 Å². The van der Waals surface area contributed by atoms with Gasteiger partial charge in [-0.2, -0.15) is 0 Å². The van der Waals surface area contributed by atoms with E-state index in [2.05, 4.69) is 10.2 Å². The second-order valence-corrected chi connectivity index (χ2v) is 6.64. The number of aliphatic carboxylic acids is 1. The van der Waals surface area contributed by atoms with Crippen LogP contribution in [-0.2, 0) is 9.59 Å². The molecule has 0 aliphatic carbocycles. The number of rotatable bonds is 3. The minimum absolute atomic E-state index is 0.0479. The molecule has 2 heterocycles. The maximum absolute atomic E-state index is 11.6. The molecule has 0 aromatic heterocycles. The Bertz CT molecular complexity index is 467. The molecule has 2 fully saturated rings. The third-order valence-electron chi connectivity index (χ3n) is 3.38. The van der Waals surface area contributed by atoms with Gasteiger partial charge in [-0.25, -0.2) is 0 Å². The van der Waals surface area contributed by atoms with Crippen LogP contribution in [0, 0.1) is 0 Å². The summed E-state index contributed by atoms with van der Waals surface area (Å²) in [6.45, 7) is 2.27. The number of thioether (sulfide) groups is 1. The summed E-state index contributed by atoms with van der Waals surface area (Å²) < 4.78 is 0.468. The molecule has 2 aliphatic heterocycles. The number of carboxylic acid groups (broad SMARTS) is 1. The Morgan fingerprint density at radius 3 is 2.95 bits per heavy atom. The van der Waals surface area contributed by atoms with E-state index in [9.17, 15) is 9.59 Å². The molecule has 0 saturated carbocycles. The molecule has 0 aromatic carbocycles. The highest BCUT2D eigenvalue weighted by Crippen LogP contribution is 2.24. The molecule has 0 aromatic rings. The van der Waals surface area contributed by atoms with Crippen LogP contribution < -0.4 is 5.32 Å². The zero-order valence-corrected chi connectivity index (χ0v) is 12.8. The fraction of sp³-hybridized carbons (Fsp3) is 0.583. The first-order valence-electron chi connectivity index (χ1n) is 6.37. The highest BCUT2D eigenvalue weighted by atomic mass is 32.2. The van der Waals surface area contributed by atoms with E-state index < -0.39 is 5.97 Å². The standard InChI is InChI=1S/C12H17N3O3S2/c1-14-3-2-4-15(6-8(14)5-10(16)17)7-9-11(18)13-12(19)20-9/h7-8H,2-6H2,1H3,(H,16,17)(H,13,18,19). The number of thiocarbonyl (C=S) groups is 1. The minimum atomic E-state index is -0.800. The van der Waals surface area contributed by atoms with Crippen LogP contribution in [0.5, 0.6) is 0 Å². The van der Waals surface area contributed by atoms with Crippen LogP contribution in [0.1, 0.15) is 12.8 Å². The Labute approximate surface area is 127 Å². The summed E-state index contributed by atoms with van der Waals surface area (Å²) >= 11 is 6.20. The van der Waals surface area contributed by atoms with Crippen molar-refractivity contribution >= 4 is 40.2 Å². The Morgan fingerprint density at radius 2 is 2.35 bits per heavy atom. The van der Waals surface area contributed by atoms with Crippen molar-refractivity contribution in [1.29, 1.82) is 0 Å². The number of carboxylic acids is 1. The molecule has 1 amide bonds. The van der Waals surface area contributed by atoms with Gasteiger partial charge in [0.15, 0.2) is 0 Å². The summed E-state index contributed by atoms with van der Waals surface area (Å²) in [6.07, 6.45) is 2.84. The second kappa shape index (κ2) is 6.55. The van der Waals surface area contributed by atoms with Gasteiger partial charge in [-0.05, 0) is 20.0 Å². The topological polar surface area (TPSA) is 72.9 Å². The van der Waals surface area contributed by atoms with Crippen molar-refractivity contribution < 1.29 is 14.7 Å². The van der Waals surface area contributed by atoms with Crippen molar-refractivity contribution in [3.8, 4) is 0 Å². The first kappa shape index (κ1) is 15.3.